The molecule has 158 valence electrons. The zero-order valence-electron chi connectivity index (χ0n) is 17.2. The van der Waals surface area contributed by atoms with Crippen molar-refractivity contribution in [2.45, 2.75) is 45.4 Å². The van der Waals surface area contributed by atoms with Gasteiger partial charge in [0.1, 0.15) is 17.2 Å². The van der Waals surface area contributed by atoms with E-state index in [4.69, 9.17) is 4.42 Å². The van der Waals surface area contributed by atoms with Gasteiger partial charge >= 0.3 is 0 Å². The van der Waals surface area contributed by atoms with Gasteiger partial charge in [-0.3, -0.25) is 9.59 Å². The summed E-state index contributed by atoms with van der Waals surface area (Å²) in [4.78, 5) is 24.8. The van der Waals surface area contributed by atoms with Crippen molar-refractivity contribution in [3.05, 3.63) is 59.1 Å². The van der Waals surface area contributed by atoms with Gasteiger partial charge in [0.2, 0.25) is 5.91 Å². The van der Waals surface area contributed by atoms with Crippen molar-refractivity contribution in [2.75, 3.05) is 4.31 Å². The minimum Gasteiger partial charge on any atom is -0.461 e. The molecule has 1 heterocycles. The summed E-state index contributed by atoms with van der Waals surface area (Å²) in [6.07, 6.45) is 0.445. The third-order valence-electron chi connectivity index (χ3n) is 4.78. The molecule has 3 aromatic rings. The number of ketones is 1. The zero-order chi connectivity index (χ0) is 22.2. The van der Waals surface area contributed by atoms with Crippen LogP contribution < -0.4 is 4.31 Å². The first kappa shape index (κ1) is 21.7. The lowest BCUT2D eigenvalue weighted by molar-refractivity contribution is -0.117. The van der Waals surface area contributed by atoms with Gasteiger partial charge in [-0.15, -0.1) is 0 Å². The number of hydrogen-bond acceptors (Lipinski definition) is 5. The fraction of sp³-hybridized carbons (Fsp3) is 0.273. The maximum absolute atomic E-state index is 13.5. The highest BCUT2D eigenvalue weighted by atomic mass is 32.2. The normalized spacial score (nSPS) is 11.6. The molecule has 0 aliphatic carbocycles. The second-order valence-corrected chi connectivity index (χ2v) is 8.85. The molecular weight excluding hydrogens is 409 g/mol. The van der Waals surface area contributed by atoms with Crippen molar-refractivity contribution in [1.82, 2.24) is 0 Å². The molecule has 3 rings (SSSR count). The first-order chi connectivity index (χ1) is 14.1. The van der Waals surface area contributed by atoms with E-state index in [1.807, 2.05) is 0 Å². The molecule has 0 fully saturated rings. The van der Waals surface area contributed by atoms with Crippen LogP contribution in [0.25, 0.3) is 11.0 Å². The van der Waals surface area contributed by atoms with Crippen LogP contribution >= 0.6 is 0 Å². The zero-order valence-corrected chi connectivity index (χ0v) is 18.0. The maximum Gasteiger partial charge on any atom is 0.271 e. The molecule has 1 amide bonds. The number of Topliss-reactive ketones (excluding diaryl/α,β-unsaturated/α-hetero) is 1. The minimum atomic E-state index is -4.32. The number of nitrogens with zero attached hydrogens (tertiary/aromatic N) is 1. The number of furan rings is 1. The Bertz CT molecular complexity index is 1260. The summed E-state index contributed by atoms with van der Waals surface area (Å²) in [6.45, 7) is 6.27. The molecule has 0 radical (unpaired) electrons. The van der Waals surface area contributed by atoms with Crippen molar-refractivity contribution in [3.63, 3.8) is 0 Å². The highest BCUT2D eigenvalue weighted by molar-refractivity contribution is 7.93. The largest absolute Gasteiger partial charge is 0.461 e. The Labute approximate surface area is 174 Å². The number of aryl methyl sites for hydroxylation is 2. The summed E-state index contributed by atoms with van der Waals surface area (Å²) in [6, 6.07) is 7.74. The number of amides is 1. The van der Waals surface area contributed by atoms with Gasteiger partial charge in [-0.2, -0.15) is 0 Å². The van der Waals surface area contributed by atoms with Gasteiger partial charge in [-0.25, -0.2) is 17.1 Å². The summed E-state index contributed by atoms with van der Waals surface area (Å²) < 4.78 is 46.7. The summed E-state index contributed by atoms with van der Waals surface area (Å²) in [7, 11) is -4.32. The molecular formula is C22H22FNO5S. The minimum absolute atomic E-state index is 0.00148. The van der Waals surface area contributed by atoms with Crippen LogP contribution in [0.15, 0.2) is 45.7 Å². The molecule has 0 unspecified atom stereocenters. The van der Waals surface area contributed by atoms with Crippen LogP contribution in [0.3, 0.4) is 0 Å². The van der Waals surface area contributed by atoms with Crippen molar-refractivity contribution in [2.24, 2.45) is 0 Å². The van der Waals surface area contributed by atoms with E-state index in [2.05, 4.69) is 0 Å². The van der Waals surface area contributed by atoms with E-state index in [0.29, 0.717) is 28.7 Å². The van der Waals surface area contributed by atoms with Crippen LogP contribution in [0, 0.1) is 19.7 Å². The Morgan fingerprint density at radius 2 is 1.80 bits per heavy atom. The Hall–Kier alpha value is -3.00. The molecule has 30 heavy (non-hydrogen) atoms. The van der Waals surface area contributed by atoms with E-state index in [0.717, 1.165) is 22.5 Å². The standard InChI is InChI=1S/C22H22FNO5S/c1-5-6-21(26)24(30(27,28)20-10-7-16(23)11-13(20)2)17-8-9-19-18(12-17)22(14(3)25)15(4)29-19/h7-12H,5-6H2,1-4H3. The fourth-order valence-electron chi connectivity index (χ4n) is 3.50. The van der Waals surface area contributed by atoms with Gasteiger partial charge in [0, 0.05) is 11.8 Å². The van der Waals surface area contributed by atoms with Gasteiger partial charge in [-0.1, -0.05) is 6.92 Å². The number of carbonyl (C=O) groups excluding carboxylic acids is 2. The molecule has 0 saturated heterocycles. The molecule has 0 N–H and O–H groups in total. The van der Waals surface area contributed by atoms with Crippen LogP contribution in [-0.2, 0) is 14.8 Å². The second kappa shape index (κ2) is 8.02. The third kappa shape index (κ3) is 3.75. The Kier molecular flexibility index (Phi) is 5.81. The van der Waals surface area contributed by atoms with E-state index >= 15 is 0 Å². The van der Waals surface area contributed by atoms with E-state index in [1.165, 1.54) is 32.0 Å². The van der Waals surface area contributed by atoms with Gasteiger partial charge in [-0.05, 0) is 69.2 Å². The molecule has 0 spiro atoms. The van der Waals surface area contributed by atoms with E-state index in [-0.39, 0.29) is 28.4 Å². The van der Waals surface area contributed by atoms with Crippen LogP contribution in [0.1, 0.15) is 48.4 Å². The smallest absolute Gasteiger partial charge is 0.271 e. The number of hydrogen-bond donors (Lipinski definition) is 0. The lowest BCUT2D eigenvalue weighted by atomic mass is 10.1. The first-order valence-electron chi connectivity index (χ1n) is 9.46. The van der Waals surface area contributed by atoms with Crippen LogP contribution in [0.5, 0.6) is 0 Å². The number of rotatable bonds is 6. The predicted molar refractivity (Wildman–Crippen MR) is 112 cm³/mol. The number of fused-ring (bicyclic) bond motifs is 1. The van der Waals surface area contributed by atoms with Crippen molar-refractivity contribution >= 4 is 38.4 Å². The SMILES string of the molecule is CCCC(=O)N(c1ccc2oc(C)c(C(C)=O)c2c1)S(=O)(=O)c1ccc(F)cc1C. The lowest BCUT2D eigenvalue weighted by Gasteiger charge is -2.23. The average Bonchev–Trinajstić information content (AvgIpc) is 2.96. The van der Waals surface area contributed by atoms with E-state index < -0.39 is 21.7 Å². The monoisotopic (exact) mass is 431 g/mol. The molecule has 8 heteroatoms. The molecule has 0 atom stereocenters. The number of carbonyl (C=O) groups is 2. The number of anilines is 1. The quantitative estimate of drug-likeness (QED) is 0.518. The Morgan fingerprint density at radius 1 is 1.10 bits per heavy atom. The number of halogens is 1. The molecule has 1 aromatic heterocycles. The second-order valence-electron chi connectivity index (χ2n) is 7.09. The molecule has 0 bridgehead atoms. The lowest BCUT2D eigenvalue weighted by Crippen LogP contribution is -2.37. The summed E-state index contributed by atoms with van der Waals surface area (Å²) in [5.74, 6) is -1.00. The van der Waals surface area contributed by atoms with Crippen molar-refractivity contribution < 1.29 is 26.8 Å². The highest BCUT2D eigenvalue weighted by Crippen LogP contribution is 2.33. The van der Waals surface area contributed by atoms with Crippen molar-refractivity contribution in [3.8, 4) is 0 Å². The van der Waals surface area contributed by atoms with Crippen LogP contribution in [-0.4, -0.2) is 20.1 Å². The topological polar surface area (TPSA) is 84.7 Å². The highest BCUT2D eigenvalue weighted by Gasteiger charge is 2.32. The Balaban J connectivity index is 2.25. The molecule has 0 aliphatic rings. The summed E-state index contributed by atoms with van der Waals surface area (Å²) in [5, 5.41) is 0.429. The molecule has 2 aromatic carbocycles. The van der Waals surface area contributed by atoms with Crippen LogP contribution in [0.2, 0.25) is 0 Å². The average molecular weight is 431 g/mol. The number of sulfonamides is 1. The summed E-state index contributed by atoms with van der Waals surface area (Å²) >= 11 is 0. The maximum atomic E-state index is 13.5. The Morgan fingerprint density at radius 3 is 2.40 bits per heavy atom. The van der Waals surface area contributed by atoms with E-state index in [9.17, 15) is 22.4 Å². The van der Waals surface area contributed by atoms with Gasteiger partial charge in [0.15, 0.2) is 5.78 Å². The molecule has 0 aliphatic heterocycles. The fourth-order valence-corrected chi connectivity index (χ4v) is 5.16. The van der Waals surface area contributed by atoms with Crippen LogP contribution in [0.4, 0.5) is 10.1 Å². The third-order valence-corrected chi connectivity index (χ3v) is 6.69. The van der Waals surface area contributed by atoms with E-state index in [1.54, 1.807) is 13.8 Å². The molecule has 0 saturated carbocycles. The van der Waals surface area contributed by atoms with Gasteiger partial charge in [0.25, 0.3) is 10.0 Å². The van der Waals surface area contributed by atoms with Crippen molar-refractivity contribution in [1.29, 1.82) is 0 Å². The summed E-state index contributed by atoms with van der Waals surface area (Å²) in [5.41, 5.74) is 1.03. The first-order valence-corrected chi connectivity index (χ1v) is 10.9. The molecule has 6 nitrogen and oxygen atoms in total. The van der Waals surface area contributed by atoms with Gasteiger partial charge < -0.3 is 4.42 Å². The predicted octanol–water partition coefficient (Wildman–Crippen LogP) is 4.91. The van der Waals surface area contributed by atoms with Gasteiger partial charge in [0.05, 0.1) is 16.1 Å². The number of benzene rings is 2.